The number of nitrogens with two attached hydrogens (primary N) is 1. The van der Waals surface area contributed by atoms with Crippen molar-refractivity contribution < 1.29 is 19.4 Å². The molecular weight excluding hydrogens is 296 g/mol. The van der Waals surface area contributed by atoms with Crippen molar-refractivity contribution in [1.82, 2.24) is 4.90 Å². The van der Waals surface area contributed by atoms with Gasteiger partial charge in [-0.1, -0.05) is 0 Å². The van der Waals surface area contributed by atoms with Crippen molar-refractivity contribution in [3.05, 3.63) is 23.8 Å². The van der Waals surface area contributed by atoms with E-state index in [-0.39, 0.29) is 24.7 Å². The predicted octanol–water partition coefficient (Wildman–Crippen LogP) is 1.92. The van der Waals surface area contributed by atoms with Gasteiger partial charge in [-0.25, -0.2) is 0 Å². The molecule has 23 heavy (non-hydrogen) atoms. The number of carbonyl (C=O) groups excluding carboxylic acids is 1. The predicted molar refractivity (Wildman–Crippen MR) is 90.7 cm³/mol. The lowest BCUT2D eigenvalue weighted by Crippen LogP contribution is -2.35. The van der Waals surface area contributed by atoms with Crippen LogP contribution in [0.15, 0.2) is 18.2 Å². The normalized spacial score (nSPS) is 11.3. The first kappa shape index (κ1) is 19.3. The second-order valence-electron chi connectivity index (χ2n) is 6.17. The maximum absolute atomic E-state index is 12.6. The molecule has 6 nitrogen and oxygen atoms in total. The van der Waals surface area contributed by atoms with Crippen LogP contribution >= 0.6 is 0 Å². The Bertz CT molecular complexity index is 512. The molecule has 1 aromatic carbocycles. The largest absolute Gasteiger partial charge is 0.489 e. The number of ether oxygens (including phenoxy) is 2. The van der Waals surface area contributed by atoms with Crippen LogP contribution in [0.3, 0.4) is 0 Å². The topological polar surface area (TPSA) is 85.0 Å². The zero-order valence-electron chi connectivity index (χ0n) is 14.5. The van der Waals surface area contributed by atoms with E-state index in [2.05, 4.69) is 0 Å². The van der Waals surface area contributed by atoms with Crippen LogP contribution in [-0.2, 0) is 4.74 Å². The van der Waals surface area contributed by atoms with Crippen LogP contribution in [0.1, 0.15) is 38.1 Å². The van der Waals surface area contributed by atoms with Crippen LogP contribution in [-0.4, -0.2) is 54.4 Å². The lowest BCUT2D eigenvalue weighted by atomic mass is 10.1. The van der Waals surface area contributed by atoms with Crippen LogP contribution in [0, 0.1) is 0 Å². The van der Waals surface area contributed by atoms with E-state index in [1.54, 1.807) is 23.1 Å². The molecule has 0 saturated heterocycles. The highest BCUT2D eigenvalue weighted by Gasteiger charge is 2.17. The van der Waals surface area contributed by atoms with E-state index in [0.29, 0.717) is 36.7 Å². The van der Waals surface area contributed by atoms with Gasteiger partial charge in [0, 0.05) is 18.7 Å². The van der Waals surface area contributed by atoms with E-state index in [1.165, 1.54) is 0 Å². The van der Waals surface area contributed by atoms with Gasteiger partial charge in [0.2, 0.25) is 0 Å². The third-order valence-corrected chi connectivity index (χ3v) is 3.17. The molecule has 0 radical (unpaired) electrons. The Morgan fingerprint density at radius 2 is 2.00 bits per heavy atom. The van der Waals surface area contributed by atoms with Gasteiger partial charge in [-0.15, -0.1) is 0 Å². The Hall–Kier alpha value is -1.79. The van der Waals surface area contributed by atoms with E-state index in [0.717, 1.165) is 0 Å². The number of aliphatic hydroxyl groups is 1. The summed E-state index contributed by atoms with van der Waals surface area (Å²) in [5, 5.41) is 8.83. The summed E-state index contributed by atoms with van der Waals surface area (Å²) in [5.74, 6) is 0.311. The molecule has 0 aromatic heterocycles. The SMILES string of the molecule is CCN(CCOC(C)(C)C)C(=O)c1ccc(N)c(OCCO)c1. The maximum atomic E-state index is 12.6. The van der Waals surface area contributed by atoms with Crippen molar-refractivity contribution in [2.45, 2.75) is 33.3 Å². The average Bonchev–Trinajstić information content (AvgIpc) is 2.49. The highest BCUT2D eigenvalue weighted by molar-refractivity contribution is 5.95. The van der Waals surface area contributed by atoms with E-state index in [4.69, 9.17) is 20.3 Å². The first-order valence-corrected chi connectivity index (χ1v) is 7.85. The van der Waals surface area contributed by atoms with Crippen molar-refractivity contribution in [2.24, 2.45) is 0 Å². The van der Waals surface area contributed by atoms with Gasteiger partial charge in [-0.3, -0.25) is 4.79 Å². The number of hydrogen-bond donors (Lipinski definition) is 2. The fourth-order valence-corrected chi connectivity index (χ4v) is 2.00. The molecule has 130 valence electrons. The highest BCUT2D eigenvalue weighted by Crippen LogP contribution is 2.23. The quantitative estimate of drug-likeness (QED) is 0.714. The van der Waals surface area contributed by atoms with Crippen molar-refractivity contribution in [1.29, 1.82) is 0 Å². The first-order valence-electron chi connectivity index (χ1n) is 7.85. The zero-order valence-corrected chi connectivity index (χ0v) is 14.5. The zero-order chi connectivity index (χ0) is 17.5. The van der Waals surface area contributed by atoms with Crippen molar-refractivity contribution >= 4 is 11.6 Å². The molecule has 1 rings (SSSR count). The van der Waals surface area contributed by atoms with Gasteiger partial charge < -0.3 is 25.2 Å². The summed E-state index contributed by atoms with van der Waals surface area (Å²) in [6, 6.07) is 4.93. The van der Waals surface area contributed by atoms with E-state index in [1.807, 2.05) is 27.7 Å². The number of aliphatic hydroxyl groups excluding tert-OH is 1. The fourth-order valence-electron chi connectivity index (χ4n) is 2.00. The summed E-state index contributed by atoms with van der Waals surface area (Å²) in [6.07, 6.45) is 0. The number of benzene rings is 1. The van der Waals surface area contributed by atoms with Gasteiger partial charge in [0.05, 0.1) is 24.5 Å². The number of likely N-dealkylation sites (N-methyl/N-ethyl adjacent to an activating group) is 1. The van der Waals surface area contributed by atoms with E-state index >= 15 is 0 Å². The number of nitrogen functional groups attached to an aromatic ring is 1. The highest BCUT2D eigenvalue weighted by atomic mass is 16.5. The Morgan fingerprint density at radius 1 is 1.30 bits per heavy atom. The van der Waals surface area contributed by atoms with Crippen LogP contribution in [0.5, 0.6) is 5.75 Å². The van der Waals surface area contributed by atoms with Gasteiger partial charge in [0.25, 0.3) is 5.91 Å². The van der Waals surface area contributed by atoms with Crippen LogP contribution < -0.4 is 10.5 Å². The molecule has 3 N–H and O–H groups in total. The minimum absolute atomic E-state index is 0.0983. The van der Waals surface area contributed by atoms with Gasteiger partial charge in [-0.05, 0) is 45.9 Å². The number of rotatable bonds is 8. The molecule has 1 aromatic rings. The van der Waals surface area contributed by atoms with Crippen LogP contribution in [0.4, 0.5) is 5.69 Å². The summed E-state index contributed by atoms with van der Waals surface area (Å²) >= 11 is 0. The Labute approximate surface area is 138 Å². The molecule has 0 saturated carbocycles. The number of anilines is 1. The summed E-state index contributed by atoms with van der Waals surface area (Å²) in [7, 11) is 0. The smallest absolute Gasteiger partial charge is 0.254 e. The molecule has 0 bridgehead atoms. The molecule has 0 heterocycles. The molecule has 6 heteroatoms. The molecular formula is C17H28N2O4. The number of nitrogens with zero attached hydrogens (tertiary/aromatic N) is 1. The average molecular weight is 324 g/mol. The molecule has 0 atom stereocenters. The number of carbonyl (C=O) groups is 1. The van der Waals surface area contributed by atoms with Crippen molar-refractivity contribution in [3.8, 4) is 5.75 Å². The van der Waals surface area contributed by atoms with Crippen molar-refractivity contribution in [3.63, 3.8) is 0 Å². The van der Waals surface area contributed by atoms with E-state index in [9.17, 15) is 4.79 Å². The standard InChI is InChI=1S/C17H28N2O4/c1-5-19(8-10-23-17(2,3)4)16(21)13-6-7-14(18)15(12-13)22-11-9-20/h6-7,12,20H,5,8-11,18H2,1-4H3. The van der Waals surface area contributed by atoms with Crippen molar-refractivity contribution in [2.75, 3.05) is 38.6 Å². The number of amides is 1. The number of hydrogen-bond acceptors (Lipinski definition) is 5. The fraction of sp³-hybridized carbons (Fsp3) is 0.588. The van der Waals surface area contributed by atoms with Crippen LogP contribution in [0.2, 0.25) is 0 Å². The molecule has 0 aliphatic carbocycles. The molecule has 0 spiro atoms. The van der Waals surface area contributed by atoms with Crippen LogP contribution in [0.25, 0.3) is 0 Å². The minimum Gasteiger partial charge on any atom is -0.489 e. The van der Waals surface area contributed by atoms with Gasteiger partial charge >= 0.3 is 0 Å². The third kappa shape index (κ3) is 6.46. The molecule has 0 aliphatic heterocycles. The second kappa shape index (κ2) is 8.74. The first-order chi connectivity index (χ1) is 10.8. The molecule has 0 unspecified atom stereocenters. The molecule has 0 fully saturated rings. The maximum Gasteiger partial charge on any atom is 0.254 e. The summed E-state index contributed by atoms with van der Waals surface area (Å²) in [4.78, 5) is 14.3. The monoisotopic (exact) mass is 324 g/mol. The van der Waals surface area contributed by atoms with Gasteiger partial charge in [-0.2, -0.15) is 0 Å². The van der Waals surface area contributed by atoms with Gasteiger partial charge in [0.15, 0.2) is 0 Å². The van der Waals surface area contributed by atoms with Gasteiger partial charge in [0.1, 0.15) is 12.4 Å². The molecule has 0 aliphatic rings. The minimum atomic E-state index is -0.227. The Balaban J connectivity index is 2.76. The lowest BCUT2D eigenvalue weighted by Gasteiger charge is -2.25. The lowest BCUT2D eigenvalue weighted by molar-refractivity contribution is -0.0114. The molecule has 1 amide bonds. The van der Waals surface area contributed by atoms with E-state index < -0.39 is 0 Å². The summed E-state index contributed by atoms with van der Waals surface area (Å²) in [5.41, 5.74) is 6.53. The summed E-state index contributed by atoms with van der Waals surface area (Å²) in [6.45, 7) is 9.48. The Kier molecular flexibility index (Phi) is 7.32. The Morgan fingerprint density at radius 3 is 2.57 bits per heavy atom. The second-order valence-corrected chi connectivity index (χ2v) is 6.17. The third-order valence-electron chi connectivity index (χ3n) is 3.17. The summed E-state index contributed by atoms with van der Waals surface area (Å²) < 4.78 is 11.0.